The number of aromatic nitrogens is 2. The Morgan fingerprint density at radius 2 is 1.37 bits per heavy atom. The van der Waals surface area contributed by atoms with E-state index in [0.29, 0.717) is 0 Å². The maximum atomic E-state index is 5.19. The molecule has 6 rings (SSSR count). The summed E-state index contributed by atoms with van der Waals surface area (Å²) in [5, 5.41) is 9.74. The van der Waals surface area contributed by atoms with E-state index in [4.69, 9.17) is 5.10 Å². The molecule has 0 atom stereocenters. The van der Waals surface area contributed by atoms with Crippen LogP contribution in [0.25, 0.3) is 49.2 Å². The summed E-state index contributed by atoms with van der Waals surface area (Å²) >= 11 is 1.73. The molecule has 0 spiro atoms. The first-order valence-corrected chi connectivity index (χ1v) is 10.9. The zero-order chi connectivity index (χ0) is 19.9. The van der Waals surface area contributed by atoms with E-state index < -0.39 is 0 Å². The Morgan fingerprint density at radius 1 is 0.667 bits per heavy atom. The van der Waals surface area contributed by atoms with Crippen molar-refractivity contribution in [2.45, 2.75) is 0 Å². The number of hydrogen-bond donors (Lipinski definition) is 0. The number of fused-ring (bicyclic) bond motifs is 3. The molecule has 0 saturated heterocycles. The summed E-state index contributed by atoms with van der Waals surface area (Å²) in [6.07, 6.45) is 0. The van der Waals surface area contributed by atoms with E-state index in [1.165, 1.54) is 26.8 Å². The molecule has 3 heterocycles. The van der Waals surface area contributed by atoms with Gasteiger partial charge in [0.15, 0.2) is 0 Å². The van der Waals surface area contributed by atoms with E-state index in [1.54, 1.807) is 11.3 Å². The molecule has 142 valence electrons. The van der Waals surface area contributed by atoms with Crippen molar-refractivity contribution in [2.24, 2.45) is 0 Å². The van der Waals surface area contributed by atoms with Gasteiger partial charge in [-0.3, -0.25) is 0 Å². The van der Waals surface area contributed by atoms with Crippen molar-refractivity contribution in [1.29, 1.82) is 0 Å². The molecule has 0 aliphatic heterocycles. The number of benzene rings is 3. The van der Waals surface area contributed by atoms with Gasteiger partial charge in [0.1, 0.15) is 5.69 Å². The van der Waals surface area contributed by atoms with Crippen LogP contribution in [-0.2, 0) is 0 Å². The summed E-state index contributed by atoms with van der Waals surface area (Å²) < 4.78 is 2.13. The van der Waals surface area contributed by atoms with Crippen LogP contribution in [0.15, 0.2) is 109 Å². The van der Waals surface area contributed by atoms with Crippen LogP contribution in [0.5, 0.6) is 0 Å². The number of hydrogen-bond acceptors (Lipinski definition) is 2. The van der Waals surface area contributed by atoms with Crippen LogP contribution in [-0.4, -0.2) is 9.61 Å². The first-order valence-electron chi connectivity index (χ1n) is 9.99. The largest absolute Gasteiger partial charge is 0.231 e. The van der Waals surface area contributed by atoms with Crippen molar-refractivity contribution in [3.8, 4) is 33.0 Å². The molecular weight excluding hydrogens is 384 g/mol. The molecule has 0 aliphatic carbocycles. The molecule has 0 fully saturated rings. The lowest BCUT2D eigenvalue weighted by Gasteiger charge is -2.10. The molecule has 0 saturated carbocycles. The molecule has 0 N–H and O–H groups in total. The molecule has 0 unspecified atom stereocenters. The number of pyridine rings is 1. The fourth-order valence-corrected chi connectivity index (χ4v) is 4.88. The van der Waals surface area contributed by atoms with Crippen molar-refractivity contribution in [1.82, 2.24) is 9.61 Å². The van der Waals surface area contributed by atoms with Crippen molar-refractivity contribution in [3.63, 3.8) is 0 Å². The first-order chi connectivity index (χ1) is 14.9. The third-order valence-corrected chi connectivity index (χ3v) is 6.38. The summed E-state index contributed by atoms with van der Waals surface area (Å²) in [4.78, 5) is 1.18. The predicted molar refractivity (Wildman–Crippen MR) is 127 cm³/mol. The average molecular weight is 403 g/mol. The fraction of sp³-hybridized carbons (Fsp3) is 0. The van der Waals surface area contributed by atoms with Gasteiger partial charge in [0.2, 0.25) is 0 Å². The van der Waals surface area contributed by atoms with Gasteiger partial charge in [-0.1, -0.05) is 91.0 Å². The molecule has 0 radical (unpaired) electrons. The van der Waals surface area contributed by atoms with Gasteiger partial charge >= 0.3 is 0 Å². The van der Waals surface area contributed by atoms with E-state index in [-0.39, 0.29) is 0 Å². The molecule has 3 heteroatoms. The topological polar surface area (TPSA) is 17.3 Å². The van der Waals surface area contributed by atoms with Crippen LogP contribution in [0.3, 0.4) is 0 Å². The second-order valence-electron chi connectivity index (χ2n) is 7.31. The van der Waals surface area contributed by atoms with Gasteiger partial charge in [0.05, 0.1) is 16.1 Å². The molecule has 6 aromatic rings. The minimum atomic E-state index is 1.03. The van der Waals surface area contributed by atoms with E-state index in [2.05, 4.69) is 113 Å². The maximum absolute atomic E-state index is 5.19. The Hall–Kier alpha value is -3.69. The summed E-state index contributed by atoms with van der Waals surface area (Å²) in [7, 11) is 0. The van der Waals surface area contributed by atoms with Gasteiger partial charge in [-0.05, 0) is 28.5 Å². The van der Waals surface area contributed by atoms with Gasteiger partial charge in [-0.2, -0.15) is 5.10 Å². The minimum absolute atomic E-state index is 1.03. The van der Waals surface area contributed by atoms with Gasteiger partial charge in [-0.15, -0.1) is 11.3 Å². The van der Waals surface area contributed by atoms with E-state index in [1.807, 2.05) is 0 Å². The maximum Gasteiger partial charge on any atom is 0.111 e. The van der Waals surface area contributed by atoms with Crippen LogP contribution in [0, 0.1) is 0 Å². The Labute approximate surface area is 178 Å². The monoisotopic (exact) mass is 402 g/mol. The smallest absolute Gasteiger partial charge is 0.111 e. The average Bonchev–Trinajstić information content (AvgIpc) is 3.48. The highest BCUT2D eigenvalue weighted by Gasteiger charge is 2.21. The molecular formula is C27H18N2S. The van der Waals surface area contributed by atoms with Crippen molar-refractivity contribution >= 4 is 27.6 Å². The predicted octanol–water partition coefficient (Wildman–Crippen LogP) is 7.55. The van der Waals surface area contributed by atoms with E-state index >= 15 is 0 Å². The highest BCUT2D eigenvalue weighted by atomic mass is 32.1. The molecule has 0 aliphatic rings. The summed E-state index contributed by atoms with van der Waals surface area (Å²) in [5.41, 5.74) is 6.82. The molecule has 3 aromatic heterocycles. The van der Waals surface area contributed by atoms with Crippen LogP contribution in [0.1, 0.15) is 0 Å². The molecule has 2 nitrogen and oxygen atoms in total. The molecule has 3 aromatic carbocycles. The normalized spacial score (nSPS) is 11.3. The van der Waals surface area contributed by atoms with E-state index in [0.717, 1.165) is 22.5 Å². The molecule has 30 heavy (non-hydrogen) atoms. The lowest BCUT2D eigenvalue weighted by atomic mass is 9.99. The Kier molecular flexibility index (Phi) is 4.00. The van der Waals surface area contributed by atoms with Crippen LogP contribution < -0.4 is 0 Å². The Bertz CT molecular complexity index is 1460. The third kappa shape index (κ3) is 2.67. The Balaban J connectivity index is 1.83. The first kappa shape index (κ1) is 17.2. The molecule has 0 amide bonds. The number of thiophene rings is 1. The second kappa shape index (κ2) is 6.97. The zero-order valence-electron chi connectivity index (χ0n) is 16.2. The lowest BCUT2D eigenvalue weighted by molar-refractivity contribution is 0.981. The van der Waals surface area contributed by atoms with Gasteiger partial charge in [-0.25, -0.2) is 4.52 Å². The number of nitrogens with zero attached hydrogens (tertiary/aromatic N) is 2. The van der Waals surface area contributed by atoms with Crippen LogP contribution in [0.4, 0.5) is 0 Å². The summed E-state index contributed by atoms with van der Waals surface area (Å²) in [6, 6.07) is 36.2. The highest BCUT2D eigenvalue weighted by Crippen LogP contribution is 2.41. The third-order valence-electron chi connectivity index (χ3n) is 5.51. The van der Waals surface area contributed by atoms with Gasteiger partial charge < -0.3 is 0 Å². The number of rotatable bonds is 3. The second-order valence-corrected chi connectivity index (χ2v) is 8.26. The van der Waals surface area contributed by atoms with Gasteiger partial charge in [0.25, 0.3) is 0 Å². The zero-order valence-corrected chi connectivity index (χ0v) is 17.0. The van der Waals surface area contributed by atoms with Crippen LogP contribution >= 0.6 is 11.3 Å². The lowest BCUT2D eigenvalue weighted by Crippen LogP contribution is -1.95. The van der Waals surface area contributed by atoms with E-state index in [9.17, 15) is 0 Å². The standard InChI is InChI=1S/C27H18N2S/c1-3-10-19(11-4-1)23-18-21-14-7-8-15-22(21)27-25(20-12-5-2-6-13-20)26(28-29(23)27)24-16-9-17-30-24/h1-18H. The molecule has 0 bridgehead atoms. The van der Waals surface area contributed by atoms with Crippen molar-refractivity contribution in [3.05, 3.63) is 109 Å². The van der Waals surface area contributed by atoms with Crippen molar-refractivity contribution in [2.75, 3.05) is 0 Å². The van der Waals surface area contributed by atoms with Crippen LogP contribution in [0.2, 0.25) is 0 Å². The van der Waals surface area contributed by atoms with Crippen molar-refractivity contribution < 1.29 is 0 Å². The SMILES string of the molecule is c1ccc(-c2c(-c3cccs3)nn3c(-c4ccccc4)cc4ccccc4c23)cc1. The minimum Gasteiger partial charge on any atom is -0.231 e. The summed E-state index contributed by atoms with van der Waals surface area (Å²) in [5.74, 6) is 0. The fourth-order valence-electron chi connectivity index (χ4n) is 4.17. The highest BCUT2D eigenvalue weighted by molar-refractivity contribution is 7.13. The summed E-state index contributed by atoms with van der Waals surface area (Å²) in [6.45, 7) is 0. The van der Waals surface area contributed by atoms with Gasteiger partial charge in [0, 0.05) is 16.5 Å². The Morgan fingerprint density at radius 3 is 2.10 bits per heavy atom. The quantitative estimate of drug-likeness (QED) is 0.299.